The van der Waals surface area contributed by atoms with Gasteiger partial charge in [-0.2, -0.15) is 0 Å². The molecule has 0 unspecified atom stereocenters. The monoisotopic (exact) mass is 242 g/mol. The topological polar surface area (TPSA) is 66.7 Å². The number of hydrogen-bond acceptors (Lipinski definition) is 4. The minimum absolute atomic E-state index is 0.528. The molecule has 3 rings (SSSR count). The minimum Gasteiger partial charge on any atom is -0.444 e. The summed E-state index contributed by atoms with van der Waals surface area (Å²) in [5, 5.41) is 3.16. The molecule has 2 N–H and O–H groups in total. The average molecular weight is 242 g/mol. The van der Waals surface area contributed by atoms with Gasteiger partial charge in [-0.3, -0.25) is 0 Å². The predicted molar refractivity (Wildman–Crippen MR) is 69.3 cm³/mol. The van der Waals surface area contributed by atoms with E-state index in [-0.39, 0.29) is 0 Å². The van der Waals surface area contributed by atoms with Crippen molar-refractivity contribution in [2.24, 2.45) is 0 Å². The van der Waals surface area contributed by atoms with Crippen molar-refractivity contribution in [1.82, 2.24) is 15.0 Å². The van der Waals surface area contributed by atoms with Gasteiger partial charge in [0.25, 0.3) is 0 Å². The molecule has 0 amide bonds. The summed E-state index contributed by atoms with van der Waals surface area (Å²) in [5.74, 6) is 2.30. The number of aromatic nitrogens is 3. The highest BCUT2D eigenvalue weighted by molar-refractivity contribution is 5.77. The van der Waals surface area contributed by atoms with Crippen molar-refractivity contribution in [3.05, 3.63) is 42.1 Å². The lowest BCUT2D eigenvalue weighted by atomic mass is 10.3. The average Bonchev–Trinajstić information content (AvgIpc) is 3.02. The maximum Gasteiger partial charge on any atom is 0.213 e. The van der Waals surface area contributed by atoms with Crippen molar-refractivity contribution in [2.45, 2.75) is 19.9 Å². The van der Waals surface area contributed by atoms with Gasteiger partial charge in [0.15, 0.2) is 0 Å². The fourth-order valence-electron chi connectivity index (χ4n) is 1.79. The van der Waals surface area contributed by atoms with E-state index in [4.69, 9.17) is 4.42 Å². The van der Waals surface area contributed by atoms with E-state index in [1.807, 2.05) is 31.2 Å². The Labute approximate surface area is 104 Å². The summed E-state index contributed by atoms with van der Waals surface area (Å²) in [6, 6.07) is 7.91. The van der Waals surface area contributed by atoms with Crippen molar-refractivity contribution in [1.29, 1.82) is 0 Å². The van der Waals surface area contributed by atoms with Crippen LogP contribution in [0.1, 0.15) is 18.6 Å². The summed E-state index contributed by atoms with van der Waals surface area (Å²) in [6.07, 6.45) is 2.62. The molecule has 0 atom stereocenters. The minimum atomic E-state index is 0.528. The Kier molecular flexibility index (Phi) is 2.72. The Morgan fingerprint density at radius 3 is 3.00 bits per heavy atom. The molecule has 18 heavy (non-hydrogen) atoms. The van der Waals surface area contributed by atoms with E-state index < -0.39 is 0 Å². The van der Waals surface area contributed by atoms with Crippen LogP contribution in [-0.2, 0) is 13.0 Å². The lowest BCUT2D eigenvalue weighted by Crippen LogP contribution is -2.00. The molecular formula is C13H14N4O. The first-order valence-corrected chi connectivity index (χ1v) is 5.97. The van der Waals surface area contributed by atoms with E-state index in [9.17, 15) is 0 Å². The molecule has 2 aromatic heterocycles. The SMILES string of the molecule is CCc1cnc(CNc2nc3ccccc3[nH]2)o1. The number of nitrogens with zero attached hydrogens (tertiary/aromatic N) is 2. The van der Waals surface area contributed by atoms with Gasteiger partial charge < -0.3 is 14.7 Å². The fourth-order valence-corrected chi connectivity index (χ4v) is 1.79. The van der Waals surface area contributed by atoms with Gasteiger partial charge in [-0.15, -0.1) is 0 Å². The molecule has 0 aliphatic carbocycles. The number of nitrogens with one attached hydrogen (secondary N) is 2. The van der Waals surface area contributed by atoms with E-state index in [0.29, 0.717) is 12.4 Å². The van der Waals surface area contributed by atoms with E-state index in [0.717, 1.165) is 29.2 Å². The number of para-hydroxylation sites is 2. The van der Waals surface area contributed by atoms with E-state index in [2.05, 4.69) is 20.3 Å². The smallest absolute Gasteiger partial charge is 0.213 e. The maximum absolute atomic E-state index is 5.51. The molecule has 5 nitrogen and oxygen atoms in total. The Morgan fingerprint density at radius 1 is 1.33 bits per heavy atom. The Hall–Kier alpha value is -2.30. The number of fused-ring (bicyclic) bond motifs is 1. The lowest BCUT2D eigenvalue weighted by molar-refractivity contribution is 0.465. The lowest BCUT2D eigenvalue weighted by Gasteiger charge is -1.97. The second kappa shape index (κ2) is 4.52. The first-order valence-electron chi connectivity index (χ1n) is 5.97. The van der Waals surface area contributed by atoms with Crippen LogP contribution in [0.3, 0.4) is 0 Å². The zero-order valence-corrected chi connectivity index (χ0v) is 10.1. The number of benzene rings is 1. The third-order valence-corrected chi connectivity index (χ3v) is 2.75. The van der Waals surface area contributed by atoms with Gasteiger partial charge in [-0.05, 0) is 12.1 Å². The van der Waals surface area contributed by atoms with Crippen LogP contribution in [0.4, 0.5) is 5.95 Å². The largest absolute Gasteiger partial charge is 0.444 e. The van der Waals surface area contributed by atoms with E-state index >= 15 is 0 Å². The molecular weight excluding hydrogens is 228 g/mol. The van der Waals surface area contributed by atoms with Crippen LogP contribution in [0.25, 0.3) is 11.0 Å². The molecule has 5 heteroatoms. The summed E-state index contributed by atoms with van der Waals surface area (Å²) in [6.45, 7) is 2.57. The number of oxazole rings is 1. The molecule has 92 valence electrons. The van der Waals surface area contributed by atoms with Crippen LogP contribution in [0.2, 0.25) is 0 Å². The molecule has 0 bridgehead atoms. The normalized spacial score (nSPS) is 10.9. The number of aromatic amines is 1. The molecule has 0 spiro atoms. The van der Waals surface area contributed by atoms with E-state index in [1.165, 1.54) is 0 Å². The second-order valence-electron chi connectivity index (χ2n) is 4.03. The number of rotatable bonds is 4. The number of hydrogen-bond donors (Lipinski definition) is 2. The standard InChI is InChI=1S/C13H14N4O/c1-2-9-7-14-12(18-9)8-15-13-16-10-5-3-4-6-11(10)17-13/h3-7H,2,8H2,1H3,(H2,15,16,17). The van der Waals surface area contributed by atoms with Crippen LogP contribution in [0.5, 0.6) is 0 Å². The second-order valence-corrected chi connectivity index (χ2v) is 4.03. The highest BCUT2D eigenvalue weighted by atomic mass is 16.4. The number of H-pyrrole nitrogens is 1. The summed E-state index contributed by atoms with van der Waals surface area (Å²) in [7, 11) is 0. The highest BCUT2D eigenvalue weighted by Gasteiger charge is 2.04. The molecule has 0 saturated carbocycles. The first-order chi connectivity index (χ1) is 8.85. The summed E-state index contributed by atoms with van der Waals surface area (Å²) in [5.41, 5.74) is 1.96. The summed E-state index contributed by atoms with van der Waals surface area (Å²) in [4.78, 5) is 11.8. The maximum atomic E-state index is 5.51. The number of aryl methyl sites for hydroxylation is 1. The van der Waals surface area contributed by atoms with Gasteiger partial charge in [0.2, 0.25) is 11.8 Å². The van der Waals surface area contributed by atoms with Crippen LogP contribution in [0.15, 0.2) is 34.9 Å². The molecule has 0 aliphatic rings. The third kappa shape index (κ3) is 2.07. The summed E-state index contributed by atoms with van der Waals surface area (Å²) >= 11 is 0. The third-order valence-electron chi connectivity index (χ3n) is 2.75. The van der Waals surface area contributed by atoms with Crippen molar-refractivity contribution >= 4 is 17.0 Å². The van der Waals surface area contributed by atoms with Crippen LogP contribution in [0, 0.1) is 0 Å². The van der Waals surface area contributed by atoms with Crippen molar-refractivity contribution < 1.29 is 4.42 Å². The quantitative estimate of drug-likeness (QED) is 0.738. The van der Waals surface area contributed by atoms with Gasteiger partial charge in [0.1, 0.15) is 5.76 Å². The Morgan fingerprint density at radius 2 is 2.22 bits per heavy atom. The Balaban J connectivity index is 1.72. The van der Waals surface area contributed by atoms with Crippen molar-refractivity contribution in [3.63, 3.8) is 0 Å². The molecule has 3 aromatic rings. The summed E-state index contributed by atoms with van der Waals surface area (Å²) < 4.78 is 5.51. The van der Waals surface area contributed by atoms with Gasteiger partial charge in [0.05, 0.1) is 23.8 Å². The highest BCUT2D eigenvalue weighted by Crippen LogP contribution is 2.14. The first kappa shape index (κ1) is 10.8. The van der Waals surface area contributed by atoms with Crippen molar-refractivity contribution in [3.8, 4) is 0 Å². The molecule has 0 fully saturated rings. The van der Waals surface area contributed by atoms with Gasteiger partial charge in [-0.25, -0.2) is 9.97 Å². The zero-order chi connectivity index (χ0) is 12.4. The fraction of sp³-hybridized carbons (Fsp3) is 0.231. The molecule has 1 aromatic carbocycles. The van der Waals surface area contributed by atoms with Crippen LogP contribution >= 0.6 is 0 Å². The van der Waals surface area contributed by atoms with Gasteiger partial charge >= 0.3 is 0 Å². The predicted octanol–water partition coefficient (Wildman–Crippen LogP) is 2.73. The van der Waals surface area contributed by atoms with Crippen molar-refractivity contribution in [2.75, 3.05) is 5.32 Å². The van der Waals surface area contributed by atoms with Crippen LogP contribution in [-0.4, -0.2) is 15.0 Å². The number of anilines is 1. The Bertz CT molecular complexity index is 623. The molecule has 0 aliphatic heterocycles. The molecule has 0 radical (unpaired) electrons. The van der Waals surface area contributed by atoms with Crippen LogP contribution < -0.4 is 5.32 Å². The van der Waals surface area contributed by atoms with Gasteiger partial charge in [0, 0.05) is 6.42 Å². The number of imidazole rings is 1. The van der Waals surface area contributed by atoms with Gasteiger partial charge in [-0.1, -0.05) is 19.1 Å². The molecule has 2 heterocycles. The molecule has 0 saturated heterocycles. The zero-order valence-electron chi connectivity index (χ0n) is 10.1. The van der Waals surface area contributed by atoms with E-state index in [1.54, 1.807) is 6.20 Å².